The minimum absolute atomic E-state index is 0.216. The average Bonchev–Trinajstić information content (AvgIpc) is 3.42. The Morgan fingerprint density at radius 3 is 2.85 bits per heavy atom. The van der Waals surface area contributed by atoms with E-state index in [9.17, 15) is 9.90 Å². The summed E-state index contributed by atoms with van der Waals surface area (Å²) in [7, 11) is 1.89. The van der Waals surface area contributed by atoms with E-state index in [1.165, 1.54) is 0 Å². The Morgan fingerprint density at radius 2 is 2.06 bits per heavy atom. The van der Waals surface area contributed by atoms with Gasteiger partial charge in [-0.1, -0.05) is 25.3 Å². The lowest BCUT2D eigenvalue weighted by Crippen LogP contribution is -2.43. The van der Waals surface area contributed by atoms with Crippen molar-refractivity contribution in [2.24, 2.45) is 7.05 Å². The van der Waals surface area contributed by atoms with Gasteiger partial charge in [0.15, 0.2) is 0 Å². The second-order valence-corrected chi connectivity index (χ2v) is 9.61. The van der Waals surface area contributed by atoms with Crippen LogP contribution in [0.4, 0.5) is 0 Å². The highest BCUT2D eigenvalue weighted by Gasteiger charge is 2.24. The number of pyridine rings is 2. The smallest absolute Gasteiger partial charge is 0.270 e. The lowest BCUT2D eigenvalue weighted by atomic mass is 10.0. The molecule has 8 heteroatoms. The van der Waals surface area contributed by atoms with Crippen molar-refractivity contribution in [3.05, 3.63) is 64.9 Å². The summed E-state index contributed by atoms with van der Waals surface area (Å²) in [5.74, 6) is -0.223. The summed E-state index contributed by atoms with van der Waals surface area (Å²) in [6.07, 6.45) is 8.58. The van der Waals surface area contributed by atoms with Gasteiger partial charge in [-0.2, -0.15) is 5.10 Å². The van der Waals surface area contributed by atoms with Crippen LogP contribution in [0.5, 0.6) is 0 Å². The number of aliphatic hydroxyl groups excluding tert-OH is 1. The van der Waals surface area contributed by atoms with Crippen LogP contribution in [0.15, 0.2) is 48.1 Å². The Kier molecular flexibility index (Phi) is 6.20. The summed E-state index contributed by atoms with van der Waals surface area (Å²) in [6.45, 7) is 0. The molecule has 0 bridgehead atoms. The molecule has 0 radical (unpaired) electrons. The molecule has 0 unspecified atom stereocenters. The second kappa shape index (κ2) is 9.41. The Morgan fingerprint density at radius 1 is 1.18 bits per heavy atom. The van der Waals surface area contributed by atoms with Crippen LogP contribution in [0, 0.1) is 0 Å². The molecule has 170 valence electrons. The minimum Gasteiger partial charge on any atom is -0.391 e. The summed E-state index contributed by atoms with van der Waals surface area (Å²) >= 11 is 1.63. The van der Waals surface area contributed by atoms with Gasteiger partial charge in [-0.05, 0) is 53.6 Å². The second-order valence-electron chi connectivity index (χ2n) is 8.69. The molecule has 5 rings (SSSR count). The first-order valence-corrected chi connectivity index (χ1v) is 12.3. The van der Waals surface area contributed by atoms with Crippen molar-refractivity contribution in [1.82, 2.24) is 25.1 Å². The molecule has 0 spiro atoms. The summed E-state index contributed by atoms with van der Waals surface area (Å²) < 4.78 is 2.84. The maximum Gasteiger partial charge on any atom is 0.270 e. The lowest BCUT2D eigenvalue weighted by molar-refractivity contribution is 0.0814. The first kappa shape index (κ1) is 21.7. The third kappa shape index (κ3) is 4.82. The van der Waals surface area contributed by atoms with Gasteiger partial charge < -0.3 is 10.4 Å². The molecule has 4 aromatic rings. The number of carbonyl (C=O) groups excluding carboxylic acids is 1. The number of hydrogen-bond acceptors (Lipinski definition) is 6. The van der Waals surface area contributed by atoms with Crippen molar-refractivity contribution in [1.29, 1.82) is 0 Å². The van der Waals surface area contributed by atoms with Gasteiger partial charge in [0.2, 0.25) is 0 Å². The molecule has 1 aliphatic carbocycles. The van der Waals surface area contributed by atoms with Crippen molar-refractivity contribution in [3.63, 3.8) is 0 Å². The summed E-state index contributed by atoms with van der Waals surface area (Å²) in [5.41, 5.74) is 4.99. The molecule has 1 fully saturated rings. The number of nitrogens with zero attached hydrogens (tertiary/aromatic N) is 4. The van der Waals surface area contributed by atoms with E-state index in [0.29, 0.717) is 12.1 Å². The molecule has 1 amide bonds. The quantitative estimate of drug-likeness (QED) is 0.437. The molecule has 33 heavy (non-hydrogen) atoms. The number of aliphatic hydroxyl groups is 1. The molecule has 1 saturated carbocycles. The summed E-state index contributed by atoms with van der Waals surface area (Å²) in [5, 5.41) is 19.8. The summed E-state index contributed by atoms with van der Waals surface area (Å²) in [6, 6.07) is 9.58. The molecule has 7 nitrogen and oxygen atoms in total. The van der Waals surface area contributed by atoms with Gasteiger partial charge in [-0.15, -0.1) is 11.3 Å². The first-order chi connectivity index (χ1) is 16.1. The molecule has 2 N–H and O–H groups in total. The minimum atomic E-state index is -0.496. The number of carbonyl (C=O) groups is 1. The highest BCUT2D eigenvalue weighted by Crippen LogP contribution is 2.27. The molecular formula is C25H27N5O2S. The van der Waals surface area contributed by atoms with Gasteiger partial charge in [0, 0.05) is 25.9 Å². The fourth-order valence-corrected chi connectivity index (χ4v) is 5.27. The number of nitrogens with one attached hydrogen (secondary N) is 1. The van der Waals surface area contributed by atoms with Crippen LogP contribution in [-0.2, 0) is 13.5 Å². The predicted octanol–water partition coefficient (Wildman–Crippen LogP) is 4.11. The van der Waals surface area contributed by atoms with Crippen molar-refractivity contribution in [3.8, 4) is 11.4 Å². The third-order valence-corrected chi connectivity index (χ3v) is 7.19. The molecule has 0 aromatic carbocycles. The maximum atomic E-state index is 13.0. The SMILES string of the molecule is Cn1ccc(-c2ccc(Cc3cc(C(=O)N[C@H]4CCCCC[C@@H]4O)nc4ccsc34)cn2)n1. The number of aryl methyl sites for hydroxylation is 1. The van der Waals surface area contributed by atoms with E-state index in [1.54, 1.807) is 16.0 Å². The van der Waals surface area contributed by atoms with Crippen molar-refractivity contribution in [2.75, 3.05) is 0 Å². The van der Waals surface area contributed by atoms with E-state index in [0.717, 1.165) is 64.8 Å². The fraction of sp³-hybridized carbons (Fsp3) is 0.360. The van der Waals surface area contributed by atoms with E-state index in [2.05, 4.69) is 26.4 Å². The first-order valence-electron chi connectivity index (χ1n) is 11.4. The van der Waals surface area contributed by atoms with Crippen LogP contribution in [0.1, 0.15) is 53.7 Å². The van der Waals surface area contributed by atoms with Crippen LogP contribution in [-0.4, -0.2) is 42.9 Å². The van der Waals surface area contributed by atoms with Crippen LogP contribution in [0.2, 0.25) is 0 Å². The van der Waals surface area contributed by atoms with E-state index in [4.69, 9.17) is 0 Å². The van der Waals surface area contributed by atoms with Gasteiger partial charge in [0.05, 0.1) is 28.1 Å². The zero-order valence-electron chi connectivity index (χ0n) is 18.6. The van der Waals surface area contributed by atoms with Gasteiger partial charge >= 0.3 is 0 Å². The Balaban J connectivity index is 1.38. The van der Waals surface area contributed by atoms with E-state index < -0.39 is 6.10 Å². The highest BCUT2D eigenvalue weighted by atomic mass is 32.1. The third-order valence-electron chi connectivity index (χ3n) is 6.21. The van der Waals surface area contributed by atoms with Gasteiger partial charge in [0.1, 0.15) is 11.4 Å². The van der Waals surface area contributed by atoms with Crippen LogP contribution < -0.4 is 5.32 Å². The normalized spacial score (nSPS) is 18.8. The van der Waals surface area contributed by atoms with E-state index in [1.807, 2.05) is 49.1 Å². The predicted molar refractivity (Wildman–Crippen MR) is 129 cm³/mol. The number of amides is 1. The van der Waals surface area contributed by atoms with Gasteiger partial charge in [-0.25, -0.2) is 4.98 Å². The number of thiophene rings is 1. The van der Waals surface area contributed by atoms with Gasteiger partial charge in [-0.3, -0.25) is 14.5 Å². The monoisotopic (exact) mass is 461 g/mol. The van der Waals surface area contributed by atoms with E-state index >= 15 is 0 Å². The molecule has 2 atom stereocenters. The molecule has 1 aliphatic rings. The number of aromatic nitrogens is 4. The fourth-order valence-electron chi connectivity index (χ4n) is 4.42. The standard InChI is InChI=1S/C25H27N5O2S/c1-30-11-9-19(29-30)18-8-7-16(15-26-18)13-17-14-22(27-21-10-12-33-24(17)21)25(32)28-20-5-3-2-4-6-23(20)31/h7-12,14-15,20,23,31H,2-6,13H2,1H3,(H,28,32)/t20-,23-/m0/s1. The van der Waals surface area contributed by atoms with Crippen molar-refractivity contribution >= 4 is 27.5 Å². The molecule has 0 saturated heterocycles. The van der Waals surface area contributed by atoms with Crippen LogP contribution >= 0.6 is 11.3 Å². The average molecular weight is 462 g/mol. The highest BCUT2D eigenvalue weighted by molar-refractivity contribution is 7.17. The van der Waals surface area contributed by atoms with Crippen molar-refractivity contribution in [2.45, 2.75) is 50.7 Å². The topological polar surface area (TPSA) is 92.9 Å². The maximum absolute atomic E-state index is 13.0. The Hall–Kier alpha value is -3.10. The zero-order valence-corrected chi connectivity index (χ0v) is 19.4. The van der Waals surface area contributed by atoms with Crippen molar-refractivity contribution < 1.29 is 9.90 Å². The molecule has 4 aromatic heterocycles. The zero-order chi connectivity index (χ0) is 22.8. The van der Waals surface area contributed by atoms with Crippen LogP contribution in [0.25, 0.3) is 21.6 Å². The molecule has 0 aliphatic heterocycles. The Bertz CT molecular complexity index is 1260. The lowest BCUT2D eigenvalue weighted by Gasteiger charge is -2.21. The van der Waals surface area contributed by atoms with Crippen LogP contribution in [0.3, 0.4) is 0 Å². The number of hydrogen-bond donors (Lipinski definition) is 2. The molecular weight excluding hydrogens is 434 g/mol. The number of rotatable bonds is 5. The molecule has 4 heterocycles. The summed E-state index contributed by atoms with van der Waals surface area (Å²) in [4.78, 5) is 22.2. The largest absolute Gasteiger partial charge is 0.391 e. The number of fused-ring (bicyclic) bond motifs is 1. The van der Waals surface area contributed by atoms with E-state index in [-0.39, 0.29) is 11.9 Å². The Labute approximate surface area is 196 Å². The van der Waals surface area contributed by atoms with Gasteiger partial charge in [0.25, 0.3) is 5.91 Å².